The molecule has 0 aromatic heterocycles. The van der Waals surface area contributed by atoms with Crippen LogP contribution in [0, 0.1) is 0 Å². The van der Waals surface area contributed by atoms with Crippen LogP contribution in [0.3, 0.4) is 0 Å². The molecule has 0 heterocycles. The Morgan fingerprint density at radius 3 is 1.05 bits per heavy atom. The van der Waals surface area contributed by atoms with E-state index < -0.39 is 24.2 Å². The second kappa shape index (κ2) is 34.2. The summed E-state index contributed by atoms with van der Waals surface area (Å²) in [5, 5.41) is 33.1. The third kappa shape index (κ3) is 29.8. The van der Waals surface area contributed by atoms with Crippen molar-refractivity contribution in [2.24, 2.45) is 0 Å². The molecule has 5 nitrogen and oxygen atoms in total. The first kappa shape index (κ1) is 42.3. The fourth-order valence-electron chi connectivity index (χ4n) is 6.13. The quantitative estimate of drug-likeness (QED) is 0.0537. The van der Waals surface area contributed by atoms with Crippen LogP contribution in [0.1, 0.15) is 213 Å². The topological polar surface area (TPSA) is 89.8 Å². The van der Waals surface area contributed by atoms with Crippen molar-refractivity contribution >= 4 is 5.91 Å². The Labute approximate surface area is 268 Å². The van der Waals surface area contributed by atoms with Crippen LogP contribution in [0.5, 0.6) is 0 Å². The summed E-state index contributed by atoms with van der Waals surface area (Å²) in [5.74, 6) is -0.471. The summed E-state index contributed by atoms with van der Waals surface area (Å²) in [6, 6.07) is -0.703. The van der Waals surface area contributed by atoms with Crippen LogP contribution in [-0.2, 0) is 4.79 Å². The van der Waals surface area contributed by atoms with Gasteiger partial charge in [-0.05, 0) is 12.8 Å². The summed E-state index contributed by atoms with van der Waals surface area (Å²) in [6.45, 7) is 4.21. The number of hydrogen-bond donors (Lipinski definition) is 4. The van der Waals surface area contributed by atoms with Crippen molar-refractivity contribution in [1.29, 1.82) is 0 Å². The number of hydrogen-bond acceptors (Lipinski definition) is 4. The fraction of sp³-hybridized carbons (Fsp3) is 0.974. The number of rotatable bonds is 35. The highest BCUT2D eigenvalue weighted by Gasteiger charge is 2.23. The zero-order valence-corrected chi connectivity index (χ0v) is 29.1. The van der Waals surface area contributed by atoms with Gasteiger partial charge in [0.1, 0.15) is 6.10 Å². The molecule has 43 heavy (non-hydrogen) atoms. The van der Waals surface area contributed by atoms with E-state index in [1.54, 1.807) is 0 Å². The minimum atomic E-state index is -1.06. The molecule has 0 aliphatic heterocycles. The molecule has 0 aliphatic carbocycles. The van der Waals surface area contributed by atoms with E-state index in [0.29, 0.717) is 12.8 Å². The van der Waals surface area contributed by atoms with E-state index in [2.05, 4.69) is 19.2 Å². The lowest BCUT2D eigenvalue weighted by Crippen LogP contribution is -2.49. The highest BCUT2D eigenvalue weighted by Crippen LogP contribution is 2.16. The molecule has 1 amide bonds. The van der Waals surface area contributed by atoms with Gasteiger partial charge < -0.3 is 20.6 Å². The Bertz CT molecular complexity index is 558. The third-order valence-electron chi connectivity index (χ3n) is 9.23. The Morgan fingerprint density at radius 1 is 0.465 bits per heavy atom. The van der Waals surface area contributed by atoms with Crippen LogP contribution in [0.2, 0.25) is 0 Å². The summed E-state index contributed by atoms with van der Waals surface area (Å²) in [7, 11) is 0. The highest BCUT2D eigenvalue weighted by molar-refractivity contribution is 5.80. The number of unbranched alkanes of at least 4 members (excludes halogenated alkanes) is 27. The molecule has 0 aliphatic rings. The van der Waals surface area contributed by atoms with Gasteiger partial charge in [0.05, 0.1) is 18.8 Å². The van der Waals surface area contributed by atoms with Crippen molar-refractivity contribution in [3.05, 3.63) is 0 Å². The Kier molecular flexibility index (Phi) is 33.7. The minimum Gasteiger partial charge on any atom is -0.394 e. The predicted octanol–water partition coefficient (Wildman–Crippen LogP) is 10.3. The highest BCUT2D eigenvalue weighted by atomic mass is 16.3. The van der Waals surface area contributed by atoms with Crippen molar-refractivity contribution in [3.63, 3.8) is 0 Å². The first-order chi connectivity index (χ1) is 21.1. The zero-order chi connectivity index (χ0) is 31.6. The first-order valence-electron chi connectivity index (χ1n) is 19.3. The average molecular weight is 612 g/mol. The largest absolute Gasteiger partial charge is 0.394 e. The van der Waals surface area contributed by atoms with Crippen molar-refractivity contribution in [3.8, 4) is 0 Å². The standard InChI is InChI=1S/C38H77NO4/c1-3-5-7-9-11-13-14-15-16-17-18-19-20-21-22-23-25-26-28-30-32-36(41)35(34-40)39-38(43)37(42)33-31-29-27-24-12-10-8-6-4-2/h35-37,40-42H,3-34H2,1-2H3,(H,39,43). The minimum absolute atomic E-state index is 0.309. The number of aliphatic hydroxyl groups is 3. The molecule has 5 heteroatoms. The first-order valence-corrected chi connectivity index (χ1v) is 19.3. The fourth-order valence-corrected chi connectivity index (χ4v) is 6.13. The van der Waals surface area contributed by atoms with Gasteiger partial charge in [0.25, 0.3) is 0 Å². The maximum atomic E-state index is 12.4. The molecule has 0 spiro atoms. The van der Waals surface area contributed by atoms with Crippen LogP contribution in [-0.4, -0.2) is 46.1 Å². The van der Waals surface area contributed by atoms with Crippen LogP contribution in [0.25, 0.3) is 0 Å². The van der Waals surface area contributed by atoms with Gasteiger partial charge in [-0.3, -0.25) is 4.79 Å². The van der Waals surface area contributed by atoms with Crippen molar-refractivity contribution in [2.75, 3.05) is 6.61 Å². The average Bonchev–Trinajstić information content (AvgIpc) is 3.01. The number of carbonyl (C=O) groups excluding carboxylic acids is 1. The summed E-state index contributed by atoms with van der Waals surface area (Å²) in [4.78, 5) is 12.4. The van der Waals surface area contributed by atoms with Gasteiger partial charge in [-0.25, -0.2) is 0 Å². The molecule has 0 bridgehead atoms. The molecule has 0 saturated carbocycles. The van der Waals surface area contributed by atoms with Gasteiger partial charge in [-0.2, -0.15) is 0 Å². The van der Waals surface area contributed by atoms with E-state index in [4.69, 9.17) is 0 Å². The third-order valence-corrected chi connectivity index (χ3v) is 9.23. The van der Waals surface area contributed by atoms with E-state index in [1.807, 2.05) is 0 Å². The molecule has 0 rings (SSSR count). The molecule has 4 N–H and O–H groups in total. The van der Waals surface area contributed by atoms with E-state index in [1.165, 1.54) is 154 Å². The molecule has 0 fully saturated rings. The van der Waals surface area contributed by atoms with Crippen LogP contribution in [0.4, 0.5) is 0 Å². The lowest BCUT2D eigenvalue weighted by Gasteiger charge is -2.23. The lowest BCUT2D eigenvalue weighted by molar-refractivity contribution is -0.131. The normalized spacial score (nSPS) is 13.7. The summed E-state index contributed by atoms with van der Waals surface area (Å²) in [5.41, 5.74) is 0. The van der Waals surface area contributed by atoms with Crippen LogP contribution >= 0.6 is 0 Å². The van der Waals surface area contributed by atoms with Crippen molar-refractivity contribution in [1.82, 2.24) is 5.32 Å². The maximum absolute atomic E-state index is 12.4. The van der Waals surface area contributed by atoms with Gasteiger partial charge in [0, 0.05) is 0 Å². The second-order valence-corrected chi connectivity index (χ2v) is 13.5. The van der Waals surface area contributed by atoms with Crippen LogP contribution < -0.4 is 5.32 Å². The van der Waals surface area contributed by atoms with Gasteiger partial charge >= 0.3 is 0 Å². The monoisotopic (exact) mass is 612 g/mol. The number of amides is 1. The molecule has 258 valence electrons. The molecule has 0 radical (unpaired) electrons. The molecule has 0 aromatic carbocycles. The number of nitrogens with one attached hydrogen (secondary N) is 1. The summed E-state index contributed by atoms with van der Waals surface area (Å²) in [6.07, 6.45) is 36.7. The SMILES string of the molecule is CCCCCCCCCCCCCCCCCCCCCCC(O)C(CO)NC(=O)C(O)CCCCCCCCCCC. The van der Waals surface area contributed by atoms with Gasteiger partial charge in [0.2, 0.25) is 5.91 Å². The van der Waals surface area contributed by atoms with E-state index >= 15 is 0 Å². The van der Waals surface area contributed by atoms with E-state index in [9.17, 15) is 20.1 Å². The Morgan fingerprint density at radius 2 is 0.744 bits per heavy atom. The lowest BCUT2D eigenvalue weighted by atomic mass is 10.0. The Hall–Kier alpha value is -0.650. The molecule has 3 unspecified atom stereocenters. The Balaban J connectivity index is 3.57. The van der Waals surface area contributed by atoms with Crippen molar-refractivity contribution < 1.29 is 20.1 Å². The number of aliphatic hydroxyl groups excluding tert-OH is 3. The second-order valence-electron chi connectivity index (χ2n) is 13.5. The van der Waals surface area contributed by atoms with E-state index in [-0.39, 0.29) is 6.61 Å². The molecule has 0 aromatic rings. The smallest absolute Gasteiger partial charge is 0.249 e. The predicted molar refractivity (Wildman–Crippen MR) is 186 cm³/mol. The van der Waals surface area contributed by atoms with Gasteiger partial charge in [-0.15, -0.1) is 0 Å². The zero-order valence-electron chi connectivity index (χ0n) is 29.1. The van der Waals surface area contributed by atoms with Gasteiger partial charge in [0.15, 0.2) is 0 Å². The summed E-state index contributed by atoms with van der Waals surface area (Å²) < 4.78 is 0. The van der Waals surface area contributed by atoms with Crippen LogP contribution in [0.15, 0.2) is 0 Å². The summed E-state index contributed by atoms with van der Waals surface area (Å²) >= 11 is 0. The molecular weight excluding hydrogens is 534 g/mol. The van der Waals surface area contributed by atoms with Crippen molar-refractivity contribution in [2.45, 2.75) is 231 Å². The number of carbonyl (C=O) groups is 1. The van der Waals surface area contributed by atoms with Gasteiger partial charge in [-0.1, -0.05) is 200 Å². The maximum Gasteiger partial charge on any atom is 0.249 e. The molecule has 0 saturated heterocycles. The van der Waals surface area contributed by atoms with E-state index in [0.717, 1.165) is 32.1 Å². The molecular formula is C38H77NO4. The molecule has 3 atom stereocenters.